The molecule has 0 aliphatic heterocycles. The number of thiazole rings is 2. The Morgan fingerprint density at radius 1 is 0.963 bits per heavy atom. The summed E-state index contributed by atoms with van der Waals surface area (Å²) in [7, 11) is 3.11. The van der Waals surface area contributed by atoms with E-state index >= 15 is 0 Å². The van der Waals surface area contributed by atoms with Gasteiger partial charge < -0.3 is 14.8 Å². The Bertz CT molecular complexity index is 1150. The first-order valence-electron chi connectivity index (χ1n) is 8.04. The van der Waals surface area contributed by atoms with Gasteiger partial charge in [-0.3, -0.25) is 5.32 Å². The molecule has 0 aliphatic carbocycles. The van der Waals surface area contributed by atoms with Gasteiger partial charge in [0.25, 0.3) is 0 Å². The van der Waals surface area contributed by atoms with Gasteiger partial charge in [-0.05, 0) is 31.2 Å². The Hall–Kier alpha value is -2.91. The monoisotopic (exact) mass is 400 g/mol. The quantitative estimate of drug-likeness (QED) is 0.510. The Kier molecular flexibility index (Phi) is 4.54. The molecular weight excluding hydrogens is 384 g/mol. The van der Waals surface area contributed by atoms with E-state index in [-0.39, 0.29) is 0 Å². The predicted molar refractivity (Wildman–Crippen MR) is 110 cm³/mol. The SMILES string of the molecule is COc1ccc(NC(=O)Nc2nc3ccc4nc(C)sc4c3s2)c(OC)c1. The van der Waals surface area contributed by atoms with Crippen molar-refractivity contribution < 1.29 is 14.3 Å². The van der Waals surface area contributed by atoms with Gasteiger partial charge in [-0.15, -0.1) is 11.3 Å². The molecule has 0 saturated heterocycles. The Morgan fingerprint density at radius 3 is 2.44 bits per heavy atom. The highest BCUT2D eigenvalue weighted by Gasteiger charge is 2.14. The van der Waals surface area contributed by atoms with Crippen molar-refractivity contribution in [2.75, 3.05) is 24.9 Å². The molecule has 2 N–H and O–H groups in total. The summed E-state index contributed by atoms with van der Waals surface area (Å²) in [6.07, 6.45) is 0. The molecule has 2 aromatic heterocycles. The molecule has 4 aromatic rings. The lowest BCUT2D eigenvalue weighted by molar-refractivity contribution is 0.262. The number of amides is 2. The fraction of sp³-hybridized carbons (Fsp3) is 0.167. The van der Waals surface area contributed by atoms with Crippen LogP contribution in [0.1, 0.15) is 5.01 Å². The molecule has 0 atom stereocenters. The van der Waals surface area contributed by atoms with Gasteiger partial charge in [0.1, 0.15) is 11.5 Å². The summed E-state index contributed by atoms with van der Waals surface area (Å²) >= 11 is 3.06. The van der Waals surface area contributed by atoms with Gasteiger partial charge in [0, 0.05) is 6.07 Å². The highest BCUT2D eigenvalue weighted by atomic mass is 32.1. The number of fused-ring (bicyclic) bond motifs is 3. The molecule has 0 bridgehead atoms. The molecule has 0 fully saturated rings. The van der Waals surface area contributed by atoms with E-state index in [2.05, 4.69) is 20.6 Å². The minimum absolute atomic E-state index is 0.394. The van der Waals surface area contributed by atoms with Crippen LogP contribution in [0.3, 0.4) is 0 Å². The molecule has 9 heteroatoms. The van der Waals surface area contributed by atoms with Gasteiger partial charge >= 0.3 is 6.03 Å². The normalized spacial score (nSPS) is 10.9. The third-order valence-electron chi connectivity index (χ3n) is 3.90. The Morgan fingerprint density at radius 2 is 1.70 bits per heavy atom. The highest BCUT2D eigenvalue weighted by molar-refractivity contribution is 7.28. The van der Waals surface area contributed by atoms with E-state index in [1.165, 1.54) is 18.4 Å². The van der Waals surface area contributed by atoms with Crippen LogP contribution in [0.4, 0.5) is 15.6 Å². The topological polar surface area (TPSA) is 85.4 Å². The maximum absolute atomic E-state index is 12.4. The molecule has 0 radical (unpaired) electrons. The average Bonchev–Trinajstić information content (AvgIpc) is 3.23. The number of carbonyl (C=O) groups is 1. The lowest BCUT2D eigenvalue weighted by Gasteiger charge is -2.11. The molecule has 0 spiro atoms. The number of urea groups is 1. The van der Waals surface area contributed by atoms with Crippen LogP contribution in [0.5, 0.6) is 11.5 Å². The first-order valence-corrected chi connectivity index (χ1v) is 9.67. The third kappa shape index (κ3) is 3.38. The van der Waals surface area contributed by atoms with E-state index in [1.807, 2.05) is 19.1 Å². The predicted octanol–water partition coefficient (Wildman–Crippen LogP) is 4.88. The smallest absolute Gasteiger partial charge is 0.325 e. The number of aryl methyl sites for hydroxylation is 1. The van der Waals surface area contributed by atoms with Gasteiger partial charge in [-0.25, -0.2) is 14.8 Å². The molecule has 27 heavy (non-hydrogen) atoms. The van der Waals surface area contributed by atoms with Crippen molar-refractivity contribution in [3.63, 3.8) is 0 Å². The number of rotatable bonds is 4. The number of ether oxygens (including phenoxy) is 2. The van der Waals surface area contributed by atoms with E-state index < -0.39 is 6.03 Å². The molecule has 0 unspecified atom stereocenters. The summed E-state index contributed by atoms with van der Waals surface area (Å²) < 4.78 is 12.6. The molecule has 0 saturated carbocycles. The summed E-state index contributed by atoms with van der Waals surface area (Å²) in [5, 5.41) is 7.09. The van der Waals surface area contributed by atoms with Gasteiger partial charge in [0.15, 0.2) is 5.13 Å². The van der Waals surface area contributed by atoms with E-state index in [1.54, 1.807) is 36.6 Å². The van der Waals surface area contributed by atoms with Gasteiger partial charge in [-0.1, -0.05) is 11.3 Å². The second-order valence-corrected chi connectivity index (χ2v) is 7.86. The summed E-state index contributed by atoms with van der Waals surface area (Å²) in [5.74, 6) is 1.16. The zero-order valence-corrected chi connectivity index (χ0v) is 16.5. The summed E-state index contributed by atoms with van der Waals surface area (Å²) in [6.45, 7) is 1.98. The molecular formula is C18H16N4O3S2. The standard InChI is InChI=1S/C18H16N4O3S2/c1-9-19-12-6-7-13-16(15(12)26-9)27-18(21-13)22-17(23)20-11-5-4-10(24-2)8-14(11)25-3/h4-8H,1-3H3,(H2,20,21,22,23). The molecule has 2 amide bonds. The lowest BCUT2D eigenvalue weighted by Crippen LogP contribution is -2.19. The summed E-state index contributed by atoms with van der Waals surface area (Å²) in [6, 6.07) is 8.65. The van der Waals surface area contributed by atoms with E-state index in [0.717, 1.165) is 25.4 Å². The molecule has 4 rings (SSSR count). The number of nitrogens with one attached hydrogen (secondary N) is 2. The summed E-state index contributed by atoms with van der Waals surface area (Å²) in [4.78, 5) is 21.4. The van der Waals surface area contributed by atoms with Crippen molar-refractivity contribution in [3.8, 4) is 11.5 Å². The molecule has 7 nitrogen and oxygen atoms in total. The van der Waals surface area contributed by atoms with Gasteiger partial charge in [0.05, 0.1) is 45.3 Å². The van der Waals surface area contributed by atoms with Crippen LogP contribution in [-0.4, -0.2) is 30.2 Å². The maximum atomic E-state index is 12.4. The minimum Gasteiger partial charge on any atom is -0.497 e. The van der Waals surface area contributed by atoms with Crippen LogP contribution in [-0.2, 0) is 0 Å². The number of methoxy groups -OCH3 is 2. The van der Waals surface area contributed by atoms with Crippen molar-refractivity contribution in [1.29, 1.82) is 0 Å². The van der Waals surface area contributed by atoms with Crippen molar-refractivity contribution in [2.24, 2.45) is 0 Å². The maximum Gasteiger partial charge on any atom is 0.325 e. The van der Waals surface area contributed by atoms with Gasteiger partial charge in [0.2, 0.25) is 0 Å². The lowest BCUT2D eigenvalue weighted by atomic mass is 10.2. The van der Waals surface area contributed by atoms with Crippen LogP contribution in [0, 0.1) is 6.92 Å². The number of benzene rings is 2. The van der Waals surface area contributed by atoms with E-state index in [9.17, 15) is 4.79 Å². The number of nitrogens with zero attached hydrogens (tertiary/aromatic N) is 2. The number of hydrogen-bond donors (Lipinski definition) is 2. The largest absolute Gasteiger partial charge is 0.497 e. The third-order valence-corrected chi connectivity index (χ3v) is 6.03. The van der Waals surface area contributed by atoms with Crippen LogP contribution in [0.15, 0.2) is 30.3 Å². The van der Waals surface area contributed by atoms with E-state index in [4.69, 9.17) is 9.47 Å². The van der Waals surface area contributed by atoms with Crippen LogP contribution < -0.4 is 20.1 Å². The zero-order valence-electron chi connectivity index (χ0n) is 14.8. The van der Waals surface area contributed by atoms with Crippen LogP contribution in [0.25, 0.3) is 20.4 Å². The molecule has 0 aliphatic rings. The van der Waals surface area contributed by atoms with Crippen LogP contribution in [0.2, 0.25) is 0 Å². The summed E-state index contributed by atoms with van der Waals surface area (Å²) in [5.41, 5.74) is 2.33. The minimum atomic E-state index is -0.394. The Balaban J connectivity index is 1.57. The fourth-order valence-electron chi connectivity index (χ4n) is 2.69. The van der Waals surface area contributed by atoms with Crippen LogP contribution >= 0.6 is 22.7 Å². The van der Waals surface area contributed by atoms with Gasteiger partial charge in [-0.2, -0.15) is 0 Å². The molecule has 2 heterocycles. The number of hydrogen-bond acceptors (Lipinski definition) is 7. The van der Waals surface area contributed by atoms with Crippen molar-refractivity contribution >= 4 is 60.0 Å². The first kappa shape index (κ1) is 17.5. The molecule has 138 valence electrons. The van der Waals surface area contributed by atoms with Crippen molar-refractivity contribution in [3.05, 3.63) is 35.3 Å². The first-order chi connectivity index (χ1) is 13.1. The number of aromatic nitrogens is 2. The average molecular weight is 400 g/mol. The van der Waals surface area contributed by atoms with Crippen molar-refractivity contribution in [1.82, 2.24) is 9.97 Å². The zero-order chi connectivity index (χ0) is 19.0. The fourth-order valence-corrected chi connectivity index (χ4v) is 4.69. The highest BCUT2D eigenvalue weighted by Crippen LogP contribution is 2.36. The molecule has 2 aromatic carbocycles. The second kappa shape index (κ2) is 7.01. The second-order valence-electron chi connectivity index (χ2n) is 5.66. The van der Waals surface area contributed by atoms with E-state index in [0.29, 0.717) is 22.3 Å². The van der Waals surface area contributed by atoms with Crippen molar-refractivity contribution in [2.45, 2.75) is 6.92 Å². The Labute approximate surface area is 163 Å². The number of anilines is 2. The number of carbonyl (C=O) groups excluding carboxylic acids is 1.